The molecule has 24 heavy (non-hydrogen) atoms. The third-order valence-electron chi connectivity index (χ3n) is 4.11. The molecule has 3 atom stereocenters. The van der Waals surface area contributed by atoms with Gasteiger partial charge in [0.1, 0.15) is 0 Å². The number of fused-ring (bicyclic) bond motifs is 1. The first kappa shape index (κ1) is 16.8. The highest BCUT2D eigenvalue weighted by atomic mass is 31.2. The largest absolute Gasteiger partial charge is 0.530 e. The van der Waals surface area contributed by atoms with Crippen molar-refractivity contribution in [2.45, 2.75) is 31.8 Å². The van der Waals surface area contributed by atoms with Crippen LogP contribution in [-0.2, 0) is 13.6 Å². The second kappa shape index (κ2) is 6.46. The van der Waals surface area contributed by atoms with Crippen molar-refractivity contribution < 1.29 is 28.0 Å². The minimum atomic E-state index is -4.00. The van der Waals surface area contributed by atoms with Gasteiger partial charge in [-0.05, 0) is 18.9 Å². The van der Waals surface area contributed by atoms with Crippen LogP contribution in [0.5, 0.6) is 5.75 Å². The summed E-state index contributed by atoms with van der Waals surface area (Å²) in [5.74, 6) is -0.250. The molecule has 130 valence electrons. The predicted octanol–water partition coefficient (Wildman–Crippen LogP) is 3.60. The van der Waals surface area contributed by atoms with Crippen LogP contribution in [-0.4, -0.2) is 22.6 Å². The Hall–Kier alpha value is -2.03. The van der Waals surface area contributed by atoms with E-state index in [0.29, 0.717) is 0 Å². The van der Waals surface area contributed by atoms with Gasteiger partial charge in [-0.15, -0.1) is 0 Å². The van der Waals surface area contributed by atoms with Gasteiger partial charge in [-0.2, -0.15) is 0 Å². The van der Waals surface area contributed by atoms with E-state index >= 15 is 0 Å². The summed E-state index contributed by atoms with van der Waals surface area (Å²) in [5, 5.41) is 21.8. The molecule has 1 aliphatic carbocycles. The molecule has 1 saturated heterocycles. The molecule has 3 rings (SSSR count). The van der Waals surface area contributed by atoms with Crippen LogP contribution >= 0.6 is 7.82 Å². The summed E-state index contributed by atoms with van der Waals surface area (Å²) in [6, 6.07) is 2.80. The average Bonchev–Trinajstić information content (AvgIpc) is 2.54. The average molecular weight is 358 g/mol. The van der Waals surface area contributed by atoms with E-state index in [1.807, 2.05) is 0 Å². The van der Waals surface area contributed by atoms with Crippen molar-refractivity contribution in [1.29, 1.82) is 0 Å². The summed E-state index contributed by atoms with van der Waals surface area (Å²) in [5.41, 5.74) is -1.14. The highest BCUT2D eigenvalue weighted by Crippen LogP contribution is 2.57. The number of nitrogens with zero attached hydrogens (tertiary/aromatic N) is 2. The standard InChI is InChI=1S/C13H15N2O8P/c16-14(17)10-5-6-13(11(7-10)15(18)19)23-24(20)21-8-9-3-1-2-4-12(9)22-24/h5-7,9,12H,1-4,8H2/t9-,12-,24+/m0/s1. The summed E-state index contributed by atoms with van der Waals surface area (Å²) in [6.07, 6.45) is 3.35. The lowest BCUT2D eigenvalue weighted by Gasteiger charge is -2.37. The van der Waals surface area contributed by atoms with Crippen LogP contribution in [0, 0.1) is 26.1 Å². The molecule has 2 fully saturated rings. The number of non-ortho nitro benzene ring substituents is 1. The molecule has 2 aliphatic rings. The molecule has 10 nitrogen and oxygen atoms in total. The summed E-state index contributed by atoms with van der Waals surface area (Å²) < 4.78 is 28.4. The van der Waals surface area contributed by atoms with Crippen molar-refractivity contribution in [2.75, 3.05) is 6.61 Å². The summed E-state index contributed by atoms with van der Waals surface area (Å²) in [7, 11) is -4.00. The maximum atomic E-state index is 12.6. The number of benzene rings is 1. The van der Waals surface area contributed by atoms with Gasteiger partial charge in [0.15, 0.2) is 0 Å². The molecule has 1 heterocycles. The Morgan fingerprint density at radius 3 is 2.62 bits per heavy atom. The zero-order valence-corrected chi connectivity index (χ0v) is 13.4. The van der Waals surface area contributed by atoms with E-state index in [4.69, 9.17) is 13.6 Å². The minimum absolute atomic E-state index is 0.135. The van der Waals surface area contributed by atoms with Gasteiger partial charge in [0.2, 0.25) is 5.75 Å². The Bertz CT molecular complexity index is 724. The number of hydrogen-bond donors (Lipinski definition) is 0. The summed E-state index contributed by atoms with van der Waals surface area (Å²) in [6.45, 7) is 0.197. The van der Waals surface area contributed by atoms with Crippen LogP contribution in [0.1, 0.15) is 25.7 Å². The van der Waals surface area contributed by atoms with Gasteiger partial charge in [-0.25, -0.2) is 4.57 Å². The third kappa shape index (κ3) is 3.40. The molecule has 0 aromatic heterocycles. The molecular weight excluding hydrogens is 343 g/mol. The van der Waals surface area contributed by atoms with Crippen LogP contribution < -0.4 is 4.52 Å². The highest BCUT2D eigenvalue weighted by Gasteiger charge is 2.44. The Labute approximate surface area is 136 Å². The summed E-state index contributed by atoms with van der Waals surface area (Å²) in [4.78, 5) is 20.2. The molecule has 11 heteroatoms. The normalized spacial score (nSPS) is 29.5. The van der Waals surface area contributed by atoms with Gasteiger partial charge in [0.25, 0.3) is 5.69 Å². The van der Waals surface area contributed by atoms with Crippen molar-refractivity contribution in [1.82, 2.24) is 0 Å². The number of nitro groups is 2. The van der Waals surface area contributed by atoms with Gasteiger partial charge in [0, 0.05) is 12.0 Å². The first-order valence-electron chi connectivity index (χ1n) is 7.43. The Balaban J connectivity index is 1.83. The zero-order chi connectivity index (χ0) is 17.3. The second-order valence-corrected chi connectivity index (χ2v) is 7.23. The molecule has 1 aromatic rings. The molecule has 0 unspecified atom stereocenters. The Morgan fingerprint density at radius 1 is 1.17 bits per heavy atom. The van der Waals surface area contributed by atoms with Crippen LogP contribution in [0.2, 0.25) is 0 Å². The predicted molar refractivity (Wildman–Crippen MR) is 80.8 cm³/mol. The van der Waals surface area contributed by atoms with Crippen molar-refractivity contribution >= 4 is 19.2 Å². The molecule has 1 aromatic carbocycles. The summed E-state index contributed by atoms with van der Waals surface area (Å²) >= 11 is 0. The van der Waals surface area contributed by atoms with Gasteiger partial charge >= 0.3 is 13.5 Å². The number of nitro benzene ring substituents is 2. The molecule has 1 aliphatic heterocycles. The quantitative estimate of drug-likeness (QED) is 0.453. The van der Waals surface area contributed by atoms with Gasteiger partial charge in [0.05, 0.1) is 28.6 Å². The zero-order valence-electron chi connectivity index (χ0n) is 12.5. The van der Waals surface area contributed by atoms with E-state index < -0.39 is 29.0 Å². The Kier molecular flexibility index (Phi) is 4.53. The van der Waals surface area contributed by atoms with E-state index in [1.54, 1.807) is 0 Å². The lowest BCUT2D eigenvalue weighted by Crippen LogP contribution is -2.35. The van der Waals surface area contributed by atoms with Crippen molar-refractivity contribution in [3.05, 3.63) is 38.4 Å². The fourth-order valence-corrected chi connectivity index (χ4v) is 4.43. The van der Waals surface area contributed by atoms with E-state index in [9.17, 15) is 24.8 Å². The lowest BCUT2D eigenvalue weighted by atomic mass is 9.87. The molecule has 0 amide bonds. The van der Waals surface area contributed by atoms with Crippen molar-refractivity contribution in [2.24, 2.45) is 5.92 Å². The molecule has 0 bridgehead atoms. The maximum Gasteiger partial charge on any atom is 0.530 e. The topological polar surface area (TPSA) is 131 Å². The van der Waals surface area contributed by atoms with Crippen LogP contribution in [0.15, 0.2) is 18.2 Å². The van der Waals surface area contributed by atoms with E-state index in [-0.39, 0.29) is 24.4 Å². The van der Waals surface area contributed by atoms with Gasteiger partial charge < -0.3 is 4.52 Å². The number of hydrogen-bond acceptors (Lipinski definition) is 8. The van der Waals surface area contributed by atoms with Gasteiger partial charge in [-0.1, -0.05) is 12.8 Å². The lowest BCUT2D eigenvalue weighted by molar-refractivity contribution is -0.394. The van der Waals surface area contributed by atoms with E-state index in [1.165, 1.54) is 0 Å². The molecule has 1 saturated carbocycles. The maximum absolute atomic E-state index is 12.6. The van der Waals surface area contributed by atoms with Crippen molar-refractivity contribution in [3.63, 3.8) is 0 Å². The first-order valence-corrected chi connectivity index (χ1v) is 8.89. The Morgan fingerprint density at radius 2 is 1.92 bits per heavy atom. The smallest absolute Gasteiger partial charge is 0.397 e. The minimum Gasteiger partial charge on any atom is -0.397 e. The SMILES string of the molecule is O=[N+]([O-])c1ccc(O[P@]2(=O)OC[C@@H]3CCCC[C@@H]3O2)c([N+](=O)[O-])c1. The van der Waals surface area contributed by atoms with Crippen molar-refractivity contribution in [3.8, 4) is 5.75 Å². The monoisotopic (exact) mass is 358 g/mol. The van der Waals surface area contributed by atoms with E-state index in [0.717, 1.165) is 43.9 Å². The first-order chi connectivity index (χ1) is 11.4. The molecule has 0 N–H and O–H groups in total. The second-order valence-electron chi connectivity index (χ2n) is 5.69. The molecular formula is C13H15N2O8P. The fraction of sp³-hybridized carbons (Fsp3) is 0.538. The van der Waals surface area contributed by atoms with Crippen LogP contribution in [0.4, 0.5) is 11.4 Å². The molecule has 0 radical (unpaired) electrons. The highest BCUT2D eigenvalue weighted by molar-refractivity contribution is 7.49. The third-order valence-corrected chi connectivity index (χ3v) is 5.53. The number of rotatable bonds is 4. The van der Waals surface area contributed by atoms with Gasteiger partial charge in [-0.3, -0.25) is 29.3 Å². The fourth-order valence-electron chi connectivity index (χ4n) is 2.89. The van der Waals surface area contributed by atoms with E-state index in [2.05, 4.69) is 0 Å². The number of phosphoric ester groups is 1. The van der Waals surface area contributed by atoms with Crippen LogP contribution in [0.3, 0.4) is 0 Å². The number of phosphoric acid groups is 1. The van der Waals surface area contributed by atoms with Crippen LogP contribution in [0.25, 0.3) is 0 Å². The molecule has 0 spiro atoms.